The van der Waals surface area contributed by atoms with Crippen molar-refractivity contribution in [2.24, 2.45) is 0 Å². The molecule has 8 heavy (non-hydrogen) atoms. The van der Waals surface area contributed by atoms with Gasteiger partial charge in [0.2, 0.25) is 0 Å². The van der Waals surface area contributed by atoms with Crippen LogP contribution < -0.4 is 0 Å². The van der Waals surface area contributed by atoms with Crippen molar-refractivity contribution in [3.8, 4) is 0 Å². The van der Waals surface area contributed by atoms with E-state index in [4.69, 9.17) is 0 Å². The first kappa shape index (κ1) is 22.5. The topological polar surface area (TPSA) is 94.5 Å². The van der Waals surface area contributed by atoms with Crippen LogP contribution in [0.3, 0.4) is 0 Å². The molecule has 58 valence electrons. The summed E-state index contributed by atoms with van der Waals surface area (Å²) in [7, 11) is 0. The normalized spacial score (nSPS) is 9.50. The van der Waals surface area contributed by atoms with Gasteiger partial charge < -0.3 is 16.4 Å². The van der Waals surface area contributed by atoms with Gasteiger partial charge in [0, 0.05) is 0 Å². The van der Waals surface area contributed by atoms with Gasteiger partial charge in [-0.15, -0.1) is 0 Å². The van der Waals surface area contributed by atoms with Crippen LogP contribution in [0.5, 0.6) is 0 Å². The van der Waals surface area contributed by atoms with Crippen LogP contribution in [-0.2, 0) is 1.33 Å². The van der Waals surface area contributed by atoms with Gasteiger partial charge >= 0.3 is 78.7 Å². The average molecular weight is 746 g/mol. The fraction of sp³-hybridized carbons (Fsp3) is 0. The summed E-state index contributed by atoms with van der Waals surface area (Å²) in [5, 5.41) is 0. The molecule has 0 radical (unpaired) electrons. The van der Waals surface area contributed by atoms with E-state index < -0.39 is 1.33 Å². The van der Waals surface area contributed by atoms with Crippen molar-refractivity contribution in [1.82, 2.24) is 0 Å². The Kier molecular flexibility index (Phi) is 29.5. The zero-order valence-corrected chi connectivity index (χ0v) is 15.0. The van der Waals surface area contributed by atoms with E-state index in [1.54, 1.807) is 0 Å². The molecular weight excluding hydrogens is 739 g/mol. The fourth-order valence-corrected chi connectivity index (χ4v) is 0. The van der Waals surface area contributed by atoms with Gasteiger partial charge in [-0.1, -0.05) is 0 Å². The van der Waals surface area contributed by atoms with Gasteiger partial charge in [-0.3, -0.25) is 0 Å². The molecule has 0 aliphatic carbocycles. The molecule has 8 heteroatoms. The number of hydrogen-bond acceptors (Lipinski definition) is 0. The Hall–Kier alpha value is 3.49. The summed E-state index contributed by atoms with van der Waals surface area (Å²) in [6.07, 6.45) is 0. The molecule has 0 atom stereocenters. The summed E-state index contributed by atoms with van der Waals surface area (Å²) in [6.45, 7) is 0. The summed E-state index contributed by atoms with van der Waals surface area (Å²) in [6, 6.07) is 0. The van der Waals surface area contributed by atoms with Gasteiger partial charge in [0.25, 0.3) is 0 Å². The predicted molar refractivity (Wildman–Crippen MR) is 66.9 cm³/mol. The molecule has 0 aliphatic heterocycles. The van der Waals surface area contributed by atoms with Crippen molar-refractivity contribution in [3.63, 3.8) is 0 Å². The minimum atomic E-state index is -1.29. The summed E-state index contributed by atoms with van der Waals surface area (Å²) in [4.78, 5) is 0. The molecule has 0 aromatic heterocycles. The number of hydrogen-bond donors (Lipinski definition) is 0. The van der Waals surface area contributed by atoms with E-state index in [0.29, 0.717) is 0 Å². The predicted octanol–water partition coefficient (Wildman–Crippen LogP) is 1.07. The minimum absolute atomic E-state index is 0. The molecule has 0 rings (SSSR count). The zero-order valence-electron chi connectivity index (χ0n) is 3.42. The zero-order chi connectivity index (χ0) is 4.50. The standard InChI is InChI=1S/4HI.3H2O.W/h4*1H;3*1H2;/q;;;;;;;+4/p-4. The van der Waals surface area contributed by atoms with Crippen molar-refractivity contribution >= 4 is 77.4 Å². The SMILES string of the molecule is O.O.O.[I][W]([I])([I])[I]. The number of rotatable bonds is 0. The Balaban J connectivity index is -0.0000000267. The van der Waals surface area contributed by atoms with Crippen LogP contribution in [0.25, 0.3) is 0 Å². The third kappa shape index (κ3) is 56.2. The van der Waals surface area contributed by atoms with E-state index in [1.165, 1.54) is 0 Å². The second-order valence-electron chi connectivity index (χ2n) is 0.350. The van der Waals surface area contributed by atoms with E-state index in [1.807, 2.05) is 0 Å². The third-order valence-corrected chi connectivity index (χ3v) is 0. The quantitative estimate of drug-likeness (QED) is 0.332. The Labute approximate surface area is 92.5 Å². The molecule has 0 saturated carbocycles. The second kappa shape index (κ2) is 10.5. The summed E-state index contributed by atoms with van der Waals surface area (Å²) < 4.78 is -1.29. The summed E-state index contributed by atoms with van der Waals surface area (Å²) >= 11 is 10.2. The van der Waals surface area contributed by atoms with Crippen LogP contribution in [0.4, 0.5) is 0 Å². The Bertz CT molecular complexity index is 26.8. The van der Waals surface area contributed by atoms with Crippen molar-refractivity contribution < 1.29 is 17.8 Å². The first-order valence-corrected chi connectivity index (χ1v) is 33.9. The fourth-order valence-electron chi connectivity index (χ4n) is 0. The Morgan fingerprint density at radius 3 is 0.625 bits per heavy atom. The molecule has 3 nitrogen and oxygen atoms in total. The molecule has 0 saturated heterocycles. The maximum atomic E-state index is 2.55. The van der Waals surface area contributed by atoms with Crippen LogP contribution >= 0.6 is 77.4 Å². The van der Waals surface area contributed by atoms with Crippen molar-refractivity contribution in [3.05, 3.63) is 0 Å². The van der Waals surface area contributed by atoms with Crippen molar-refractivity contribution in [2.45, 2.75) is 0 Å². The monoisotopic (exact) mass is 746 g/mol. The first-order valence-electron chi connectivity index (χ1n) is 0.617. The molecule has 0 unspecified atom stereocenters. The molecule has 0 aromatic carbocycles. The van der Waals surface area contributed by atoms with Crippen LogP contribution in [0.2, 0.25) is 0 Å². The van der Waals surface area contributed by atoms with E-state index >= 15 is 0 Å². The van der Waals surface area contributed by atoms with Gasteiger partial charge in [-0.05, 0) is 0 Å². The van der Waals surface area contributed by atoms with Crippen LogP contribution in [0.1, 0.15) is 0 Å². The van der Waals surface area contributed by atoms with E-state index in [9.17, 15) is 0 Å². The molecule has 0 spiro atoms. The molecule has 0 bridgehead atoms. The molecule has 6 N–H and O–H groups in total. The molecule has 0 aromatic rings. The number of halogens is 4. The molecule has 0 aliphatic rings. The van der Waals surface area contributed by atoms with Crippen molar-refractivity contribution in [1.29, 1.82) is 0 Å². The maximum absolute atomic E-state index is 2.55. The van der Waals surface area contributed by atoms with Crippen LogP contribution in [0.15, 0.2) is 0 Å². The van der Waals surface area contributed by atoms with E-state index in [-0.39, 0.29) is 16.4 Å². The first-order chi connectivity index (χ1) is 2.00. The van der Waals surface area contributed by atoms with E-state index in [2.05, 4.69) is 77.4 Å². The van der Waals surface area contributed by atoms with Crippen molar-refractivity contribution in [2.75, 3.05) is 0 Å². The molecule has 0 fully saturated rings. The van der Waals surface area contributed by atoms with Gasteiger partial charge in [0.15, 0.2) is 0 Å². The molecule has 0 amide bonds. The summed E-state index contributed by atoms with van der Waals surface area (Å²) in [5.41, 5.74) is 0. The molecule has 0 heterocycles. The van der Waals surface area contributed by atoms with Gasteiger partial charge in [0.1, 0.15) is 0 Å². The van der Waals surface area contributed by atoms with E-state index in [0.717, 1.165) is 0 Å². The van der Waals surface area contributed by atoms with Gasteiger partial charge in [-0.25, -0.2) is 0 Å². The molecular formula is H6I4O3W. The van der Waals surface area contributed by atoms with Crippen LogP contribution in [-0.4, -0.2) is 16.4 Å². The van der Waals surface area contributed by atoms with Gasteiger partial charge in [-0.2, -0.15) is 0 Å². The third-order valence-electron chi connectivity index (χ3n) is 0. The average Bonchev–Trinajstić information content (AvgIpc) is 0.722. The van der Waals surface area contributed by atoms with Gasteiger partial charge in [0.05, 0.1) is 0 Å². The summed E-state index contributed by atoms with van der Waals surface area (Å²) in [5.74, 6) is 0. The Morgan fingerprint density at radius 1 is 0.625 bits per heavy atom. The van der Waals surface area contributed by atoms with Crippen LogP contribution in [0, 0.1) is 0 Å². The Morgan fingerprint density at radius 2 is 0.625 bits per heavy atom. The second-order valence-corrected chi connectivity index (χ2v) is 129.